The van der Waals surface area contributed by atoms with Crippen LogP contribution in [0.5, 0.6) is 23.0 Å². The number of aliphatic hydroxyl groups excluding tert-OH is 1. The molecule has 0 spiro atoms. The Labute approximate surface area is 227 Å². The Balaban J connectivity index is 1.54. The third-order valence-electron chi connectivity index (χ3n) is 6.92. The van der Waals surface area contributed by atoms with Crippen molar-refractivity contribution in [3.05, 3.63) is 76.9 Å². The van der Waals surface area contributed by atoms with E-state index in [1.54, 1.807) is 55.6 Å². The van der Waals surface area contributed by atoms with Crippen molar-refractivity contribution in [1.82, 2.24) is 4.98 Å². The highest BCUT2D eigenvalue weighted by Gasteiger charge is 2.48. The molecule has 0 saturated carbocycles. The summed E-state index contributed by atoms with van der Waals surface area (Å²) >= 11 is 1.23. The number of aliphatic hydroxyl groups is 1. The van der Waals surface area contributed by atoms with E-state index in [2.05, 4.69) is 4.98 Å². The largest absolute Gasteiger partial charge is 0.507 e. The van der Waals surface area contributed by atoms with Gasteiger partial charge in [-0.1, -0.05) is 17.4 Å². The van der Waals surface area contributed by atoms with Gasteiger partial charge in [-0.05, 0) is 66.6 Å². The zero-order valence-electron chi connectivity index (χ0n) is 21.3. The SMILES string of the molecule is COc1ccc2nc(N3C(=O)C(=O)/C(=C(/O)c4ccc5c(c4)C[C@@H](C)O5)[C@@H]3c3ccc(O)c(OC)c3)sc2c1. The number of phenols is 1. The van der Waals surface area contributed by atoms with E-state index >= 15 is 0 Å². The van der Waals surface area contributed by atoms with Crippen LogP contribution in [0.3, 0.4) is 0 Å². The summed E-state index contributed by atoms with van der Waals surface area (Å²) in [4.78, 5) is 33.0. The highest BCUT2D eigenvalue weighted by molar-refractivity contribution is 7.22. The lowest BCUT2D eigenvalue weighted by Gasteiger charge is -2.23. The molecule has 3 aromatic carbocycles. The molecule has 2 aliphatic heterocycles. The average molecular weight is 545 g/mol. The van der Waals surface area contributed by atoms with Gasteiger partial charge in [0.1, 0.15) is 23.4 Å². The van der Waals surface area contributed by atoms with E-state index in [4.69, 9.17) is 14.2 Å². The van der Waals surface area contributed by atoms with Gasteiger partial charge in [-0.25, -0.2) is 4.98 Å². The fourth-order valence-electron chi connectivity index (χ4n) is 5.06. The molecule has 10 heteroatoms. The summed E-state index contributed by atoms with van der Waals surface area (Å²) in [5, 5.41) is 22.0. The second-order valence-electron chi connectivity index (χ2n) is 9.39. The number of rotatable bonds is 5. The Morgan fingerprint density at radius 2 is 1.90 bits per heavy atom. The van der Waals surface area contributed by atoms with Gasteiger partial charge < -0.3 is 24.4 Å². The maximum atomic E-state index is 13.6. The smallest absolute Gasteiger partial charge is 0.301 e. The number of methoxy groups -OCH3 is 2. The molecule has 1 fully saturated rings. The van der Waals surface area contributed by atoms with Crippen molar-refractivity contribution in [1.29, 1.82) is 0 Å². The van der Waals surface area contributed by atoms with Crippen molar-refractivity contribution < 1.29 is 34.0 Å². The Morgan fingerprint density at radius 3 is 2.67 bits per heavy atom. The number of anilines is 1. The minimum Gasteiger partial charge on any atom is -0.507 e. The van der Waals surface area contributed by atoms with Crippen LogP contribution in [0.25, 0.3) is 16.0 Å². The summed E-state index contributed by atoms with van der Waals surface area (Å²) in [6, 6.07) is 14.1. The lowest BCUT2D eigenvalue weighted by atomic mass is 9.94. The number of benzene rings is 3. The predicted molar refractivity (Wildman–Crippen MR) is 146 cm³/mol. The van der Waals surface area contributed by atoms with Crippen LogP contribution >= 0.6 is 11.3 Å². The summed E-state index contributed by atoms with van der Waals surface area (Å²) in [5.41, 5.74) is 2.31. The molecule has 2 atom stereocenters. The molecule has 2 aliphatic rings. The van der Waals surface area contributed by atoms with Gasteiger partial charge in [-0.15, -0.1) is 0 Å². The number of aromatic nitrogens is 1. The van der Waals surface area contributed by atoms with Crippen LogP contribution < -0.4 is 19.1 Å². The third-order valence-corrected chi connectivity index (χ3v) is 7.94. The number of ketones is 1. The third kappa shape index (κ3) is 4.04. The van der Waals surface area contributed by atoms with Crippen LogP contribution in [0.4, 0.5) is 5.13 Å². The van der Waals surface area contributed by atoms with Crippen molar-refractivity contribution in [3.8, 4) is 23.0 Å². The van der Waals surface area contributed by atoms with Gasteiger partial charge >= 0.3 is 5.91 Å². The molecule has 0 unspecified atom stereocenters. The quantitative estimate of drug-likeness (QED) is 0.205. The van der Waals surface area contributed by atoms with Gasteiger partial charge in [0.25, 0.3) is 5.78 Å². The topological polar surface area (TPSA) is 118 Å². The fraction of sp³-hybridized carbons (Fsp3) is 0.207. The molecular formula is C29H24N2O7S. The number of phenolic OH excluding ortho intramolecular Hbond substituents is 1. The molecule has 9 nitrogen and oxygen atoms in total. The summed E-state index contributed by atoms with van der Waals surface area (Å²) in [7, 11) is 2.97. The molecule has 0 aliphatic carbocycles. The first-order valence-corrected chi connectivity index (χ1v) is 13.0. The number of hydrogen-bond donors (Lipinski definition) is 2. The summed E-state index contributed by atoms with van der Waals surface area (Å²) in [5.74, 6) is -0.547. The predicted octanol–water partition coefficient (Wildman–Crippen LogP) is 4.97. The average Bonchev–Trinajstić information content (AvgIpc) is 3.60. The number of amides is 1. The van der Waals surface area contributed by atoms with Crippen LogP contribution in [0, 0.1) is 0 Å². The molecule has 0 radical (unpaired) electrons. The van der Waals surface area contributed by atoms with Crippen LogP contribution in [0.15, 0.2) is 60.2 Å². The van der Waals surface area contributed by atoms with Gasteiger partial charge in [0.15, 0.2) is 16.6 Å². The van der Waals surface area contributed by atoms with Crippen LogP contribution in [0.1, 0.15) is 29.7 Å². The molecule has 0 bridgehead atoms. The van der Waals surface area contributed by atoms with E-state index in [-0.39, 0.29) is 34.1 Å². The highest BCUT2D eigenvalue weighted by Crippen LogP contribution is 2.46. The van der Waals surface area contributed by atoms with Gasteiger partial charge in [0, 0.05) is 12.0 Å². The number of ether oxygens (including phenoxy) is 3. The number of fused-ring (bicyclic) bond motifs is 2. The first-order valence-electron chi connectivity index (χ1n) is 12.2. The molecular weight excluding hydrogens is 520 g/mol. The molecule has 6 rings (SSSR count). The van der Waals surface area contributed by atoms with E-state index in [9.17, 15) is 19.8 Å². The molecule has 39 heavy (non-hydrogen) atoms. The van der Waals surface area contributed by atoms with Gasteiger partial charge in [-0.2, -0.15) is 0 Å². The summed E-state index contributed by atoms with van der Waals surface area (Å²) in [6.07, 6.45) is 0.670. The molecule has 2 N–H and O–H groups in total. The lowest BCUT2D eigenvalue weighted by molar-refractivity contribution is -0.132. The van der Waals surface area contributed by atoms with Crippen LogP contribution in [0.2, 0.25) is 0 Å². The number of carbonyl (C=O) groups excluding carboxylic acids is 2. The molecule has 1 amide bonds. The van der Waals surface area contributed by atoms with Crippen LogP contribution in [-0.4, -0.2) is 47.2 Å². The number of hydrogen-bond acceptors (Lipinski definition) is 9. The normalized spacial score (nSPS) is 19.8. The first-order chi connectivity index (χ1) is 18.8. The minimum absolute atomic E-state index is 0.00472. The molecule has 4 aromatic rings. The number of Topliss-reactive ketones (excluding diaryl/α,β-unsaturated/α-hetero) is 1. The molecule has 198 valence electrons. The Bertz CT molecular complexity index is 1690. The Kier molecular flexibility index (Phi) is 5.91. The summed E-state index contributed by atoms with van der Waals surface area (Å²) in [6.45, 7) is 1.96. The van der Waals surface area contributed by atoms with Crippen molar-refractivity contribution in [2.45, 2.75) is 25.5 Å². The maximum Gasteiger partial charge on any atom is 0.301 e. The van der Waals surface area contributed by atoms with E-state index in [1.807, 2.05) is 6.92 Å². The Hall–Kier alpha value is -4.57. The van der Waals surface area contributed by atoms with Crippen molar-refractivity contribution in [3.63, 3.8) is 0 Å². The zero-order chi connectivity index (χ0) is 27.4. The highest BCUT2D eigenvalue weighted by atomic mass is 32.1. The number of nitrogens with zero attached hydrogens (tertiary/aromatic N) is 2. The molecule has 1 saturated heterocycles. The second-order valence-corrected chi connectivity index (χ2v) is 10.4. The van der Waals surface area contributed by atoms with Crippen LogP contribution in [-0.2, 0) is 16.0 Å². The molecule has 1 aromatic heterocycles. The van der Waals surface area contributed by atoms with Crippen molar-refractivity contribution in [2.75, 3.05) is 19.1 Å². The number of carbonyl (C=O) groups is 2. The van der Waals surface area contributed by atoms with Crippen molar-refractivity contribution >= 4 is 44.1 Å². The Morgan fingerprint density at radius 1 is 1.08 bits per heavy atom. The second kappa shape index (κ2) is 9.32. The van der Waals surface area contributed by atoms with E-state index in [0.717, 1.165) is 16.0 Å². The monoisotopic (exact) mass is 544 g/mol. The van der Waals surface area contributed by atoms with Gasteiger partial charge in [0.2, 0.25) is 0 Å². The van der Waals surface area contributed by atoms with E-state index in [0.29, 0.717) is 28.8 Å². The minimum atomic E-state index is -1.02. The molecule has 3 heterocycles. The lowest BCUT2D eigenvalue weighted by Crippen LogP contribution is -2.29. The number of aromatic hydroxyl groups is 1. The maximum absolute atomic E-state index is 13.6. The fourth-order valence-corrected chi connectivity index (χ4v) is 6.08. The number of thiazole rings is 1. The van der Waals surface area contributed by atoms with E-state index < -0.39 is 17.7 Å². The zero-order valence-corrected chi connectivity index (χ0v) is 22.1. The van der Waals surface area contributed by atoms with Crippen molar-refractivity contribution in [2.24, 2.45) is 0 Å². The van der Waals surface area contributed by atoms with Gasteiger partial charge in [-0.3, -0.25) is 14.5 Å². The summed E-state index contributed by atoms with van der Waals surface area (Å²) < 4.78 is 17.1. The van der Waals surface area contributed by atoms with Gasteiger partial charge in [0.05, 0.1) is 36.1 Å². The van der Waals surface area contributed by atoms with E-state index in [1.165, 1.54) is 29.4 Å². The standard InChI is InChI=1S/C29H24N2O7S/c1-14-10-17-11-16(5-9-21(17)38-14)26(33)24-25(15-4-8-20(32)22(12-15)37-3)31(28(35)27(24)34)29-30-19-7-6-18(36-2)13-23(19)39-29/h4-9,11-14,25,32-33H,10H2,1-3H3/b26-24+/t14-,25+/m1/s1. The first kappa shape index (κ1) is 24.7.